The standard InChI is InChI=1S/C14H30S11/c15-1-3-17-5-10-22-23-12-8-19-9-14-25-24-13-7-18-6-11-21-20-4-2-16/h15-16H,1-14H2. The zero-order valence-electron chi connectivity index (χ0n) is 14.5. The van der Waals surface area contributed by atoms with E-state index in [-0.39, 0.29) is 0 Å². The van der Waals surface area contributed by atoms with Gasteiger partial charge >= 0.3 is 0 Å². The quantitative estimate of drug-likeness (QED) is 0.0809. The van der Waals surface area contributed by atoms with E-state index in [0.29, 0.717) is 0 Å². The van der Waals surface area contributed by atoms with Gasteiger partial charge in [0.1, 0.15) is 0 Å². The topological polar surface area (TPSA) is 0 Å². The third-order valence-electron chi connectivity index (χ3n) is 2.22. The number of thiol groups is 2. The van der Waals surface area contributed by atoms with Crippen LogP contribution in [0.1, 0.15) is 0 Å². The first-order valence-electron chi connectivity index (χ1n) is 8.10. The van der Waals surface area contributed by atoms with Crippen LogP contribution in [-0.4, -0.2) is 80.5 Å². The lowest BCUT2D eigenvalue weighted by Crippen LogP contribution is -1.90. The molecule has 152 valence electrons. The molecule has 0 aromatic carbocycles. The molecule has 11 heteroatoms. The van der Waals surface area contributed by atoms with Gasteiger partial charge < -0.3 is 0 Å². The molecule has 25 heavy (non-hydrogen) atoms. The normalized spacial score (nSPS) is 11.3. The first-order valence-corrected chi connectivity index (χ1v) is 20.3. The van der Waals surface area contributed by atoms with Gasteiger partial charge in [-0.2, -0.15) is 60.5 Å². The first kappa shape index (κ1) is 28.9. The fourth-order valence-corrected chi connectivity index (χ4v) is 12.9. The highest BCUT2D eigenvalue weighted by molar-refractivity contribution is 8.77. The fraction of sp³-hybridized carbons (Fsp3) is 1.00. The van der Waals surface area contributed by atoms with Crippen molar-refractivity contribution in [3.8, 4) is 0 Å². The van der Waals surface area contributed by atoms with Crippen molar-refractivity contribution in [3.05, 3.63) is 0 Å². The maximum absolute atomic E-state index is 4.22. The van der Waals surface area contributed by atoms with Gasteiger partial charge in [-0.25, -0.2) is 0 Å². The van der Waals surface area contributed by atoms with Crippen LogP contribution in [0.15, 0.2) is 0 Å². The molecule has 0 atom stereocenters. The van der Waals surface area contributed by atoms with E-state index in [4.69, 9.17) is 0 Å². The summed E-state index contributed by atoms with van der Waals surface area (Å²) in [5, 5.41) is 0. The predicted molar refractivity (Wildman–Crippen MR) is 154 cm³/mol. The van der Waals surface area contributed by atoms with E-state index in [1.807, 2.05) is 65.7 Å². The van der Waals surface area contributed by atoms with Crippen LogP contribution in [0.25, 0.3) is 0 Å². The van der Waals surface area contributed by atoms with Gasteiger partial charge in [0.05, 0.1) is 0 Å². The van der Waals surface area contributed by atoms with Crippen molar-refractivity contribution in [1.82, 2.24) is 0 Å². The molecule has 0 aliphatic carbocycles. The second-order valence-electron chi connectivity index (χ2n) is 4.22. The Morgan fingerprint density at radius 1 is 0.320 bits per heavy atom. The van der Waals surface area contributed by atoms with Gasteiger partial charge in [0.25, 0.3) is 0 Å². The average Bonchev–Trinajstić information content (AvgIpc) is 2.63. The number of hydrogen-bond acceptors (Lipinski definition) is 11. The number of thioether (sulfide) groups is 3. The first-order chi connectivity index (χ1) is 12.4. The summed E-state index contributed by atoms with van der Waals surface area (Å²) in [5.74, 6) is 17.2. The SMILES string of the molecule is SCCSCCSSCCSCCSSCCSCCSSCCS. The Labute approximate surface area is 203 Å². The molecule has 0 aromatic heterocycles. The highest BCUT2D eigenvalue weighted by Crippen LogP contribution is 2.26. The molecule has 0 bridgehead atoms. The summed E-state index contributed by atoms with van der Waals surface area (Å²) in [5.41, 5.74) is 0. The molecule has 0 fully saturated rings. The van der Waals surface area contributed by atoms with Gasteiger partial charge in [-0.1, -0.05) is 64.8 Å². The summed E-state index contributed by atoms with van der Waals surface area (Å²) >= 11 is 14.7. The average molecular weight is 551 g/mol. The van der Waals surface area contributed by atoms with E-state index in [1.54, 1.807) is 0 Å². The van der Waals surface area contributed by atoms with Crippen molar-refractivity contribution < 1.29 is 0 Å². The maximum Gasteiger partial charge on any atom is 0.0128 e. The van der Waals surface area contributed by atoms with Crippen molar-refractivity contribution in [1.29, 1.82) is 0 Å². The van der Waals surface area contributed by atoms with Gasteiger partial charge in [-0.05, 0) is 5.75 Å². The number of rotatable bonds is 22. The Morgan fingerprint density at radius 3 is 0.920 bits per heavy atom. The summed E-state index contributed by atoms with van der Waals surface area (Å²) in [6, 6.07) is 0. The van der Waals surface area contributed by atoms with Crippen molar-refractivity contribution in [3.63, 3.8) is 0 Å². The summed E-state index contributed by atoms with van der Waals surface area (Å²) in [6.45, 7) is 0. The molecule has 0 unspecified atom stereocenters. The Hall–Kier alpha value is 3.85. The Bertz CT molecular complexity index is 211. The molecule has 0 radical (unpaired) electrons. The zero-order chi connectivity index (χ0) is 18.3. The van der Waals surface area contributed by atoms with Crippen LogP contribution in [0.4, 0.5) is 0 Å². The van der Waals surface area contributed by atoms with Crippen LogP contribution in [0, 0.1) is 0 Å². The maximum atomic E-state index is 4.22. The molecule has 0 heterocycles. The van der Waals surface area contributed by atoms with E-state index in [1.165, 1.54) is 63.3 Å². The van der Waals surface area contributed by atoms with Crippen molar-refractivity contribution in [2.45, 2.75) is 0 Å². The van der Waals surface area contributed by atoms with E-state index in [2.05, 4.69) is 59.6 Å². The predicted octanol–water partition coefficient (Wildman–Crippen LogP) is 7.19. The molecule has 0 rings (SSSR count). The van der Waals surface area contributed by atoms with Crippen LogP contribution in [0.2, 0.25) is 0 Å². The summed E-state index contributed by atoms with van der Waals surface area (Å²) in [6.07, 6.45) is 0. The van der Waals surface area contributed by atoms with Crippen LogP contribution in [-0.2, 0) is 0 Å². The largest absolute Gasteiger partial charge is 0.179 e. The van der Waals surface area contributed by atoms with E-state index in [0.717, 1.165) is 17.3 Å². The van der Waals surface area contributed by atoms with Gasteiger partial charge in [0.2, 0.25) is 0 Å². The van der Waals surface area contributed by atoms with Gasteiger partial charge in [-0.3, -0.25) is 0 Å². The molecule has 0 amide bonds. The van der Waals surface area contributed by atoms with Gasteiger partial charge in [0.15, 0.2) is 0 Å². The minimum atomic E-state index is 0.991. The molecule has 0 aromatic rings. The van der Waals surface area contributed by atoms with Gasteiger partial charge in [-0.15, -0.1) is 0 Å². The number of hydrogen-bond donors (Lipinski definition) is 2. The lowest BCUT2D eigenvalue weighted by atomic mass is 10.9. The molecule has 0 spiro atoms. The lowest BCUT2D eigenvalue weighted by molar-refractivity contribution is 1.49. The van der Waals surface area contributed by atoms with E-state index >= 15 is 0 Å². The Balaban J connectivity index is 2.94. The minimum Gasteiger partial charge on any atom is -0.179 e. The molecule has 0 saturated heterocycles. The molecule has 0 N–H and O–H groups in total. The molecule has 0 aliphatic heterocycles. The van der Waals surface area contributed by atoms with Crippen LogP contribution in [0.5, 0.6) is 0 Å². The highest BCUT2D eigenvalue weighted by Gasteiger charge is 1.96. The molecule has 0 aliphatic rings. The smallest absolute Gasteiger partial charge is 0.0128 e. The second kappa shape index (κ2) is 27.8. The Morgan fingerprint density at radius 2 is 0.600 bits per heavy atom. The van der Waals surface area contributed by atoms with Crippen molar-refractivity contribution in [2.75, 3.05) is 80.5 Å². The molecule has 0 saturated carbocycles. The van der Waals surface area contributed by atoms with Gasteiger partial charge in [0, 0.05) is 74.8 Å². The van der Waals surface area contributed by atoms with Crippen molar-refractivity contribution >= 4 is 125 Å². The second-order valence-corrected chi connectivity index (χ2v) is 16.9. The molecular formula is C14H30S11. The monoisotopic (exact) mass is 550 g/mol. The third kappa shape index (κ3) is 27.9. The van der Waals surface area contributed by atoms with E-state index in [9.17, 15) is 0 Å². The van der Waals surface area contributed by atoms with Crippen LogP contribution < -0.4 is 0 Å². The fourth-order valence-electron chi connectivity index (χ4n) is 1.23. The summed E-state index contributed by atoms with van der Waals surface area (Å²) in [4.78, 5) is 0. The molecule has 0 nitrogen and oxygen atoms in total. The lowest BCUT2D eigenvalue weighted by Gasteiger charge is -2.03. The highest BCUT2D eigenvalue weighted by atomic mass is 33.1. The zero-order valence-corrected chi connectivity index (χ0v) is 23.6. The van der Waals surface area contributed by atoms with Crippen LogP contribution >= 0.6 is 125 Å². The Kier molecular flexibility index (Phi) is 32.1. The minimum absolute atomic E-state index is 0.991. The van der Waals surface area contributed by atoms with Crippen LogP contribution in [0.3, 0.4) is 0 Å². The summed E-state index contributed by atoms with van der Waals surface area (Å²) in [7, 11) is 12.1. The summed E-state index contributed by atoms with van der Waals surface area (Å²) < 4.78 is 0. The van der Waals surface area contributed by atoms with E-state index < -0.39 is 0 Å². The third-order valence-corrected chi connectivity index (χ3v) is 14.7. The molecular weight excluding hydrogens is 521 g/mol. The van der Waals surface area contributed by atoms with Crippen molar-refractivity contribution in [2.24, 2.45) is 0 Å².